The van der Waals surface area contributed by atoms with Gasteiger partial charge in [0.05, 0.1) is 11.2 Å². The molecule has 0 radical (unpaired) electrons. The van der Waals surface area contributed by atoms with Crippen LogP contribution in [0.2, 0.25) is 5.02 Å². The Labute approximate surface area is 176 Å². The lowest BCUT2D eigenvalue weighted by atomic mass is 10.2. The maximum atomic E-state index is 12.9. The number of oxazole rings is 1. The highest BCUT2D eigenvalue weighted by molar-refractivity contribution is 6.33. The lowest BCUT2D eigenvalue weighted by Gasteiger charge is -2.24. The fraction of sp³-hybridized carbons (Fsp3) is 0.304. The summed E-state index contributed by atoms with van der Waals surface area (Å²) in [6.07, 6.45) is 2.47. The number of hydrogen-bond acceptors (Lipinski definition) is 4. The van der Waals surface area contributed by atoms with Crippen LogP contribution in [0.1, 0.15) is 17.9 Å². The van der Waals surface area contributed by atoms with E-state index >= 15 is 0 Å². The number of halogens is 1. The van der Waals surface area contributed by atoms with Gasteiger partial charge in [0, 0.05) is 38.0 Å². The summed E-state index contributed by atoms with van der Waals surface area (Å²) < 4.78 is 5.82. The number of aryl methyl sites for hydroxylation is 1. The van der Waals surface area contributed by atoms with Crippen molar-refractivity contribution in [1.82, 2.24) is 14.8 Å². The second-order valence-electron chi connectivity index (χ2n) is 7.20. The quantitative estimate of drug-likeness (QED) is 0.519. The molecule has 0 aliphatic heterocycles. The van der Waals surface area contributed by atoms with Gasteiger partial charge in [0.15, 0.2) is 11.7 Å². The summed E-state index contributed by atoms with van der Waals surface area (Å²) in [7, 11) is 4.02. The van der Waals surface area contributed by atoms with Gasteiger partial charge in [0.1, 0.15) is 0 Å². The topological polar surface area (TPSA) is 49.6 Å². The molecular weight excluding hydrogens is 386 g/mol. The molecule has 152 valence electrons. The van der Waals surface area contributed by atoms with Gasteiger partial charge in [-0.05, 0) is 31.8 Å². The Balaban J connectivity index is 1.63. The van der Waals surface area contributed by atoms with E-state index in [0.29, 0.717) is 42.6 Å². The molecule has 0 saturated heterocycles. The highest BCUT2D eigenvalue weighted by atomic mass is 35.5. The third kappa shape index (κ3) is 6.17. The number of carbonyl (C=O) groups excluding carboxylic acids is 1. The zero-order valence-electron chi connectivity index (χ0n) is 16.8. The van der Waals surface area contributed by atoms with E-state index < -0.39 is 0 Å². The zero-order chi connectivity index (χ0) is 20.6. The molecule has 0 N–H and O–H groups in total. The molecule has 5 nitrogen and oxygen atoms in total. The highest BCUT2D eigenvalue weighted by Crippen LogP contribution is 2.28. The van der Waals surface area contributed by atoms with E-state index in [1.165, 1.54) is 0 Å². The Kier molecular flexibility index (Phi) is 7.44. The van der Waals surface area contributed by atoms with E-state index in [4.69, 9.17) is 16.0 Å². The average Bonchev–Trinajstić information content (AvgIpc) is 3.19. The van der Waals surface area contributed by atoms with Gasteiger partial charge in [-0.15, -0.1) is 0 Å². The van der Waals surface area contributed by atoms with Gasteiger partial charge in [0.25, 0.3) is 0 Å². The molecular formula is C23H26ClN3O2. The average molecular weight is 412 g/mol. The van der Waals surface area contributed by atoms with Gasteiger partial charge < -0.3 is 14.2 Å². The van der Waals surface area contributed by atoms with E-state index in [1.54, 1.807) is 6.20 Å². The van der Waals surface area contributed by atoms with Gasteiger partial charge in [-0.3, -0.25) is 4.79 Å². The van der Waals surface area contributed by atoms with Gasteiger partial charge >= 0.3 is 0 Å². The summed E-state index contributed by atoms with van der Waals surface area (Å²) in [5, 5.41) is 0.615. The van der Waals surface area contributed by atoms with Crippen molar-refractivity contribution in [1.29, 1.82) is 0 Å². The van der Waals surface area contributed by atoms with Crippen LogP contribution in [0.5, 0.6) is 0 Å². The first-order valence-corrected chi connectivity index (χ1v) is 10.1. The van der Waals surface area contributed by atoms with Crippen molar-refractivity contribution in [3.8, 4) is 11.3 Å². The lowest BCUT2D eigenvalue weighted by molar-refractivity contribution is -0.132. The number of rotatable bonds is 9. The molecule has 1 aromatic heterocycles. The Hall–Kier alpha value is -2.63. The van der Waals surface area contributed by atoms with Crippen LogP contribution in [0, 0.1) is 0 Å². The minimum atomic E-state index is 0.0909. The van der Waals surface area contributed by atoms with Crippen molar-refractivity contribution in [2.75, 3.05) is 27.2 Å². The number of aromatic nitrogens is 1. The van der Waals surface area contributed by atoms with Crippen LogP contribution in [-0.4, -0.2) is 47.9 Å². The van der Waals surface area contributed by atoms with Gasteiger partial charge in [0.2, 0.25) is 5.91 Å². The zero-order valence-corrected chi connectivity index (χ0v) is 17.6. The lowest BCUT2D eigenvalue weighted by Crippen LogP contribution is -2.36. The Morgan fingerprint density at radius 2 is 1.76 bits per heavy atom. The number of carbonyl (C=O) groups is 1. The molecule has 6 heteroatoms. The second-order valence-corrected chi connectivity index (χ2v) is 7.61. The van der Waals surface area contributed by atoms with Crippen molar-refractivity contribution in [2.45, 2.75) is 19.4 Å². The minimum absolute atomic E-state index is 0.0909. The smallest absolute Gasteiger partial charge is 0.223 e. The molecule has 0 atom stereocenters. The maximum absolute atomic E-state index is 12.9. The molecule has 0 bridgehead atoms. The number of likely N-dealkylation sites (N-methyl/N-ethyl adjacent to an activating group) is 1. The van der Waals surface area contributed by atoms with Crippen molar-refractivity contribution in [3.63, 3.8) is 0 Å². The molecule has 0 aliphatic carbocycles. The molecule has 29 heavy (non-hydrogen) atoms. The molecule has 0 fully saturated rings. The number of hydrogen-bond donors (Lipinski definition) is 0. The Bertz CT molecular complexity index is 925. The molecule has 1 heterocycles. The fourth-order valence-electron chi connectivity index (χ4n) is 3.00. The summed E-state index contributed by atoms with van der Waals surface area (Å²) in [6, 6.07) is 17.5. The normalized spacial score (nSPS) is 11.0. The van der Waals surface area contributed by atoms with Gasteiger partial charge in [-0.25, -0.2) is 4.98 Å². The third-order valence-corrected chi connectivity index (χ3v) is 4.96. The van der Waals surface area contributed by atoms with Crippen molar-refractivity contribution in [2.24, 2.45) is 0 Å². The molecule has 3 rings (SSSR count). The third-order valence-electron chi connectivity index (χ3n) is 4.63. The summed E-state index contributed by atoms with van der Waals surface area (Å²) >= 11 is 6.22. The number of nitrogens with zero attached hydrogens (tertiary/aromatic N) is 3. The summed E-state index contributed by atoms with van der Waals surface area (Å²) in [5.41, 5.74) is 1.92. The van der Waals surface area contributed by atoms with Crippen LogP contribution in [0.4, 0.5) is 0 Å². The highest BCUT2D eigenvalue weighted by Gasteiger charge is 2.16. The Morgan fingerprint density at radius 3 is 2.48 bits per heavy atom. The predicted molar refractivity (Wildman–Crippen MR) is 116 cm³/mol. The summed E-state index contributed by atoms with van der Waals surface area (Å²) in [6.45, 7) is 2.09. The van der Waals surface area contributed by atoms with Crippen LogP contribution in [-0.2, 0) is 17.8 Å². The first-order valence-electron chi connectivity index (χ1n) is 9.69. The molecule has 2 aromatic carbocycles. The fourth-order valence-corrected chi connectivity index (χ4v) is 3.23. The SMILES string of the molecule is CN(C)CCN(Cc1ccccc1)C(=O)CCc1ncc(-c2ccccc2Cl)o1. The Morgan fingerprint density at radius 1 is 1.03 bits per heavy atom. The van der Waals surface area contributed by atoms with Crippen LogP contribution >= 0.6 is 11.6 Å². The standard InChI is InChI=1S/C23H26ClN3O2/c1-26(2)14-15-27(17-18-8-4-3-5-9-18)23(28)13-12-22-25-16-21(29-22)19-10-6-7-11-20(19)24/h3-11,16H,12-15,17H2,1-2H3. The molecule has 0 unspecified atom stereocenters. The van der Waals surface area contributed by atoms with Crippen molar-refractivity contribution < 1.29 is 9.21 Å². The van der Waals surface area contributed by atoms with Crippen molar-refractivity contribution >= 4 is 17.5 Å². The number of amides is 1. The van der Waals surface area contributed by atoms with Crippen LogP contribution in [0.3, 0.4) is 0 Å². The monoisotopic (exact) mass is 411 g/mol. The van der Waals surface area contributed by atoms with E-state index in [1.807, 2.05) is 73.6 Å². The summed E-state index contributed by atoms with van der Waals surface area (Å²) in [5.74, 6) is 1.25. The molecule has 0 spiro atoms. The minimum Gasteiger partial charge on any atom is -0.441 e. The van der Waals surface area contributed by atoms with Gasteiger partial charge in [-0.2, -0.15) is 0 Å². The summed E-state index contributed by atoms with van der Waals surface area (Å²) in [4.78, 5) is 21.2. The van der Waals surface area contributed by atoms with Crippen LogP contribution in [0.15, 0.2) is 65.2 Å². The van der Waals surface area contributed by atoms with Crippen LogP contribution in [0.25, 0.3) is 11.3 Å². The first-order chi connectivity index (χ1) is 14.0. The van der Waals surface area contributed by atoms with E-state index in [2.05, 4.69) is 9.88 Å². The van der Waals surface area contributed by atoms with Crippen molar-refractivity contribution in [3.05, 3.63) is 77.3 Å². The van der Waals surface area contributed by atoms with Crippen LogP contribution < -0.4 is 0 Å². The first kappa shape index (κ1) is 21.1. The van der Waals surface area contributed by atoms with E-state index in [9.17, 15) is 4.79 Å². The predicted octanol–water partition coefficient (Wildman–Crippen LogP) is 4.52. The molecule has 0 aliphatic rings. The molecule has 1 amide bonds. The second kappa shape index (κ2) is 10.2. The maximum Gasteiger partial charge on any atom is 0.223 e. The largest absolute Gasteiger partial charge is 0.441 e. The molecule has 0 saturated carbocycles. The van der Waals surface area contributed by atoms with Gasteiger partial charge in [-0.1, -0.05) is 54.1 Å². The number of benzene rings is 2. The molecule has 3 aromatic rings. The van der Waals surface area contributed by atoms with E-state index in [-0.39, 0.29) is 5.91 Å². The van der Waals surface area contributed by atoms with E-state index in [0.717, 1.165) is 17.7 Å².